The van der Waals surface area contributed by atoms with E-state index >= 15 is 0 Å². The maximum atomic E-state index is 13.1. The highest BCUT2D eigenvalue weighted by atomic mass is 16.3. The zero-order valence-electron chi connectivity index (χ0n) is 15.5. The highest BCUT2D eigenvalue weighted by molar-refractivity contribution is 6.42. The Hall–Kier alpha value is -2.40. The highest BCUT2D eigenvalue weighted by Crippen LogP contribution is 2.46. The van der Waals surface area contributed by atoms with E-state index in [1.54, 1.807) is 12.1 Å². The van der Waals surface area contributed by atoms with E-state index in [1.165, 1.54) is 17.4 Å². The molecule has 1 aromatic carbocycles. The molecular formula is C22H24N2O3. The van der Waals surface area contributed by atoms with Gasteiger partial charge in [-0.05, 0) is 56.5 Å². The number of likely N-dealkylation sites (tertiary alicyclic amines) is 1. The van der Waals surface area contributed by atoms with E-state index in [1.807, 2.05) is 4.90 Å². The number of ketones is 1. The van der Waals surface area contributed by atoms with Crippen molar-refractivity contribution in [3.8, 4) is 0 Å². The van der Waals surface area contributed by atoms with Crippen molar-refractivity contribution in [3.63, 3.8) is 0 Å². The summed E-state index contributed by atoms with van der Waals surface area (Å²) in [5, 5.41) is 0. The SMILES string of the molecule is Cc1ccc([C@@H]2CN(C(=O)C(=O)c3ccco3)[C@@H]3C4CCN(CC4)[C@@H]32)cc1. The maximum absolute atomic E-state index is 13.1. The molecular weight excluding hydrogens is 340 g/mol. The van der Waals surface area contributed by atoms with Crippen molar-refractivity contribution in [2.45, 2.75) is 37.8 Å². The van der Waals surface area contributed by atoms with E-state index in [-0.39, 0.29) is 17.7 Å². The number of benzene rings is 1. The lowest BCUT2D eigenvalue weighted by Gasteiger charge is -2.51. The summed E-state index contributed by atoms with van der Waals surface area (Å²) in [7, 11) is 0. The third kappa shape index (κ3) is 2.64. The van der Waals surface area contributed by atoms with Crippen LogP contribution in [-0.4, -0.2) is 53.2 Å². The second kappa shape index (κ2) is 6.34. The average Bonchev–Trinajstić information content (AvgIpc) is 3.38. The third-order valence-corrected chi connectivity index (χ3v) is 6.70. The molecule has 140 valence electrons. The molecule has 0 radical (unpaired) electrons. The Balaban J connectivity index is 1.50. The van der Waals surface area contributed by atoms with Crippen LogP contribution in [0.1, 0.15) is 40.4 Å². The zero-order chi connectivity index (χ0) is 18.5. The van der Waals surface area contributed by atoms with Crippen molar-refractivity contribution in [2.24, 2.45) is 5.92 Å². The second-order valence-corrected chi connectivity index (χ2v) is 8.14. The molecule has 5 nitrogen and oxygen atoms in total. The van der Waals surface area contributed by atoms with Gasteiger partial charge in [-0.2, -0.15) is 0 Å². The lowest BCUT2D eigenvalue weighted by molar-refractivity contribution is -0.131. The summed E-state index contributed by atoms with van der Waals surface area (Å²) in [5.41, 5.74) is 2.50. The van der Waals surface area contributed by atoms with Crippen LogP contribution < -0.4 is 0 Å². The van der Waals surface area contributed by atoms with Crippen LogP contribution in [0.4, 0.5) is 0 Å². The molecule has 2 bridgehead atoms. The first-order valence-corrected chi connectivity index (χ1v) is 9.83. The fourth-order valence-corrected chi connectivity index (χ4v) is 5.41. The molecule has 2 aromatic rings. The number of hydrogen-bond donors (Lipinski definition) is 0. The molecule has 0 spiro atoms. The number of piperidine rings is 3. The molecule has 0 saturated carbocycles. The highest BCUT2D eigenvalue weighted by Gasteiger charge is 2.55. The van der Waals surface area contributed by atoms with Gasteiger partial charge in [0, 0.05) is 18.5 Å². The van der Waals surface area contributed by atoms with Crippen molar-refractivity contribution in [1.82, 2.24) is 9.80 Å². The van der Waals surface area contributed by atoms with Crippen LogP contribution in [0.5, 0.6) is 0 Å². The van der Waals surface area contributed by atoms with Gasteiger partial charge in [-0.1, -0.05) is 29.8 Å². The summed E-state index contributed by atoms with van der Waals surface area (Å²) >= 11 is 0. The minimum absolute atomic E-state index is 0.130. The number of nitrogens with zero attached hydrogens (tertiary/aromatic N) is 2. The largest absolute Gasteiger partial charge is 0.461 e. The van der Waals surface area contributed by atoms with E-state index in [9.17, 15) is 9.59 Å². The quantitative estimate of drug-likeness (QED) is 0.621. The van der Waals surface area contributed by atoms with Gasteiger partial charge in [0.05, 0.1) is 12.3 Å². The molecule has 4 saturated heterocycles. The van der Waals surface area contributed by atoms with E-state index in [0.717, 1.165) is 25.9 Å². The van der Waals surface area contributed by atoms with Gasteiger partial charge < -0.3 is 9.32 Å². The Bertz CT molecular complexity index is 850. The van der Waals surface area contributed by atoms with Gasteiger partial charge in [0.1, 0.15) is 0 Å². The fourth-order valence-electron chi connectivity index (χ4n) is 5.41. The third-order valence-electron chi connectivity index (χ3n) is 6.70. The number of Topliss-reactive ketones (excluding diaryl/α,β-unsaturated/α-hetero) is 1. The van der Waals surface area contributed by atoms with Gasteiger partial charge in [-0.25, -0.2) is 0 Å². The van der Waals surface area contributed by atoms with Crippen molar-refractivity contribution in [3.05, 3.63) is 59.5 Å². The lowest BCUT2D eigenvalue weighted by atomic mass is 9.75. The minimum Gasteiger partial charge on any atom is -0.461 e. The number of aryl methyl sites for hydroxylation is 1. The lowest BCUT2D eigenvalue weighted by Crippen LogP contribution is -2.61. The summed E-state index contributed by atoms with van der Waals surface area (Å²) in [6.07, 6.45) is 3.66. The standard InChI is InChI=1S/C22H24N2O3/c1-14-4-6-15(7-5-14)17-13-24(22(26)21(25)18-3-2-12-27-18)19-16-8-10-23(11-9-16)20(17)19/h2-7,12,16-17,19-20H,8-11,13H2,1H3/t17-,19+,20+/m0/s1. The molecule has 4 fully saturated rings. The summed E-state index contributed by atoms with van der Waals surface area (Å²) < 4.78 is 5.19. The number of carbonyl (C=O) groups is 2. The van der Waals surface area contributed by atoms with Crippen molar-refractivity contribution in [1.29, 1.82) is 0 Å². The summed E-state index contributed by atoms with van der Waals surface area (Å²) in [6, 6.07) is 12.3. The fraction of sp³-hybridized carbons (Fsp3) is 0.455. The molecule has 5 heterocycles. The molecule has 5 heteroatoms. The average molecular weight is 364 g/mol. The Morgan fingerprint density at radius 3 is 2.44 bits per heavy atom. The molecule has 6 rings (SSSR count). The van der Waals surface area contributed by atoms with Crippen molar-refractivity contribution >= 4 is 11.7 Å². The van der Waals surface area contributed by atoms with Crippen LogP contribution in [0.3, 0.4) is 0 Å². The van der Waals surface area contributed by atoms with Crippen LogP contribution >= 0.6 is 0 Å². The van der Waals surface area contributed by atoms with E-state index in [2.05, 4.69) is 36.1 Å². The molecule has 0 unspecified atom stereocenters. The van der Waals surface area contributed by atoms with E-state index < -0.39 is 11.7 Å². The molecule has 3 atom stereocenters. The van der Waals surface area contributed by atoms with Crippen LogP contribution in [0, 0.1) is 12.8 Å². The molecule has 0 aliphatic carbocycles. The number of hydrogen-bond acceptors (Lipinski definition) is 4. The molecule has 4 aliphatic rings. The van der Waals surface area contributed by atoms with Crippen molar-refractivity contribution in [2.75, 3.05) is 19.6 Å². The molecule has 1 aromatic heterocycles. The van der Waals surface area contributed by atoms with Gasteiger partial charge in [-0.15, -0.1) is 0 Å². The van der Waals surface area contributed by atoms with Gasteiger partial charge in [-0.3, -0.25) is 14.5 Å². The number of carbonyl (C=O) groups excluding carboxylic acids is 2. The van der Waals surface area contributed by atoms with E-state index in [0.29, 0.717) is 18.5 Å². The van der Waals surface area contributed by atoms with E-state index in [4.69, 9.17) is 4.42 Å². The van der Waals surface area contributed by atoms with Gasteiger partial charge in [0.15, 0.2) is 5.76 Å². The number of furan rings is 1. The Labute approximate surface area is 158 Å². The normalized spacial score (nSPS) is 31.7. The first-order chi connectivity index (χ1) is 13.1. The maximum Gasteiger partial charge on any atom is 0.298 e. The molecule has 1 amide bonds. The van der Waals surface area contributed by atoms with Gasteiger partial charge in [0.25, 0.3) is 11.7 Å². The van der Waals surface area contributed by atoms with Gasteiger partial charge >= 0.3 is 0 Å². The van der Waals surface area contributed by atoms with Crippen LogP contribution in [0.25, 0.3) is 0 Å². The number of fused-ring (bicyclic) bond motifs is 2. The van der Waals surface area contributed by atoms with Crippen LogP contribution in [0.2, 0.25) is 0 Å². The molecule has 4 aliphatic heterocycles. The Morgan fingerprint density at radius 2 is 1.78 bits per heavy atom. The monoisotopic (exact) mass is 364 g/mol. The Kier molecular flexibility index (Phi) is 3.93. The predicted octanol–water partition coefficient (Wildman–Crippen LogP) is 2.86. The van der Waals surface area contributed by atoms with Crippen molar-refractivity contribution < 1.29 is 14.0 Å². The Morgan fingerprint density at radius 1 is 1.04 bits per heavy atom. The summed E-state index contributed by atoms with van der Waals surface area (Å²) in [5.74, 6) is -0.0597. The molecule has 27 heavy (non-hydrogen) atoms. The smallest absolute Gasteiger partial charge is 0.298 e. The minimum atomic E-state index is -0.528. The summed E-state index contributed by atoms with van der Waals surface area (Å²) in [6.45, 7) is 4.90. The van der Waals surface area contributed by atoms with Crippen LogP contribution in [-0.2, 0) is 4.79 Å². The number of rotatable bonds is 3. The van der Waals surface area contributed by atoms with Gasteiger partial charge in [0.2, 0.25) is 0 Å². The zero-order valence-corrected chi connectivity index (χ0v) is 15.5. The first-order valence-electron chi connectivity index (χ1n) is 9.83. The topological polar surface area (TPSA) is 53.8 Å². The second-order valence-electron chi connectivity index (χ2n) is 8.14. The number of amides is 1. The first kappa shape index (κ1) is 16.8. The summed E-state index contributed by atoms with van der Waals surface area (Å²) in [4.78, 5) is 30.2. The predicted molar refractivity (Wildman–Crippen MR) is 101 cm³/mol. The molecule has 0 N–H and O–H groups in total. The van der Waals surface area contributed by atoms with Crippen LogP contribution in [0.15, 0.2) is 47.1 Å².